The smallest absolute Gasteiger partial charge is 0.320 e. The van der Waals surface area contributed by atoms with Gasteiger partial charge in [0, 0.05) is 30.7 Å². The summed E-state index contributed by atoms with van der Waals surface area (Å²) >= 11 is 1.66. The fourth-order valence-electron chi connectivity index (χ4n) is 4.83. The molecule has 1 saturated heterocycles. The summed E-state index contributed by atoms with van der Waals surface area (Å²) in [4.78, 5) is 32.5. The van der Waals surface area contributed by atoms with Gasteiger partial charge in [0.1, 0.15) is 22.7 Å². The minimum atomic E-state index is 0.166. The quantitative estimate of drug-likeness (QED) is 0.656. The van der Waals surface area contributed by atoms with Crippen molar-refractivity contribution in [1.29, 1.82) is 0 Å². The number of rotatable bonds is 3. The number of aromatic nitrogens is 2. The second kappa shape index (κ2) is 7.74. The molecule has 2 amide bonds. The number of urea groups is 1. The summed E-state index contributed by atoms with van der Waals surface area (Å²) < 4.78 is 5.63. The highest BCUT2D eigenvalue weighted by Gasteiger charge is 2.30. The van der Waals surface area contributed by atoms with Crippen molar-refractivity contribution in [2.24, 2.45) is 4.99 Å². The maximum absolute atomic E-state index is 12.9. The number of hydrogen-bond donors (Lipinski definition) is 1. The van der Waals surface area contributed by atoms with Crippen LogP contribution in [0.15, 0.2) is 23.5 Å². The molecule has 0 radical (unpaired) electrons. The summed E-state index contributed by atoms with van der Waals surface area (Å²) in [6.07, 6.45) is 6.52. The molecule has 5 heterocycles. The van der Waals surface area contributed by atoms with E-state index in [1.807, 2.05) is 22.1 Å². The predicted octanol–water partition coefficient (Wildman–Crippen LogP) is 3.95. The summed E-state index contributed by atoms with van der Waals surface area (Å²) in [6.45, 7) is 3.81. The molecule has 3 aliphatic rings. The molecule has 3 aliphatic heterocycles. The molecule has 6 rings (SSSR count). The van der Waals surface area contributed by atoms with E-state index in [4.69, 9.17) is 4.74 Å². The predicted molar refractivity (Wildman–Crippen MR) is 125 cm³/mol. The second-order valence-corrected chi connectivity index (χ2v) is 9.48. The van der Waals surface area contributed by atoms with Crippen LogP contribution in [-0.2, 0) is 19.5 Å². The van der Waals surface area contributed by atoms with Gasteiger partial charge in [0.15, 0.2) is 0 Å². The molecule has 0 aliphatic carbocycles. The molecule has 32 heavy (non-hydrogen) atoms. The highest BCUT2D eigenvalue weighted by Crippen LogP contribution is 2.40. The Morgan fingerprint density at radius 3 is 2.88 bits per heavy atom. The maximum Gasteiger partial charge on any atom is 0.320 e. The van der Waals surface area contributed by atoms with Gasteiger partial charge in [-0.1, -0.05) is 0 Å². The second-order valence-electron chi connectivity index (χ2n) is 8.40. The van der Waals surface area contributed by atoms with Gasteiger partial charge in [0.2, 0.25) is 0 Å². The van der Waals surface area contributed by atoms with Crippen molar-refractivity contribution in [3.63, 3.8) is 0 Å². The van der Waals surface area contributed by atoms with Crippen molar-refractivity contribution >= 4 is 45.3 Å². The van der Waals surface area contributed by atoms with Gasteiger partial charge in [0.05, 0.1) is 31.3 Å². The van der Waals surface area contributed by atoms with Crippen LogP contribution in [0.4, 0.5) is 16.3 Å². The van der Waals surface area contributed by atoms with E-state index in [9.17, 15) is 4.79 Å². The first kappa shape index (κ1) is 19.5. The zero-order valence-electron chi connectivity index (χ0n) is 17.9. The normalized spacial score (nSPS) is 17.0. The Kier molecular flexibility index (Phi) is 4.71. The maximum atomic E-state index is 12.9. The molecule has 0 spiro atoms. The number of amides is 2. The highest BCUT2D eigenvalue weighted by atomic mass is 32.1. The first-order chi connectivity index (χ1) is 15.7. The van der Waals surface area contributed by atoms with E-state index in [2.05, 4.69) is 26.3 Å². The molecule has 164 valence electrons. The average Bonchev–Trinajstić information content (AvgIpc) is 3.56. The summed E-state index contributed by atoms with van der Waals surface area (Å²) in [7, 11) is 1.68. The Balaban J connectivity index is 1.33. The van der Waals surface area contributed by atoms with Crippen molar-refractivity contribution in [3.05, 3.63) is 40.0 Å². The fraction of sp³-hybridized carbons (Fsp3) is 0.391. The van der Waals surface area contributed by atoms with E-state index in [1.165, 1.54) is 10.4 Å². The van der Waals surface area contributed by atoms with Crippen LogP contribution in [0.5, 0.6) is 5.75 Å². The summed E-state index contributed by atoms with van der Waals surface area (Å²) in [6, 6.07) is 4.27. The van der Waals surface area contributed by atoms with Crippen LogP contribution in [0, 0.1) is 0 Å². The molecule has 1 aromatic carbocycles. The van der Waals surface area contributed by atoms with Crippen LogP contribution >= 0.6 is 11.3 Å². The number of nitrogens with zero attached hydrogens (tertiary/aromatic N) is 5. The van der Waals surface area contributed by atoms with Crippen molar-refractivity contribution in [1.82, 2.24) is 19.8 Å². The molecular weight excluding hydrogens is 424 g/mol. The fourth-order valence-corrected chi connectivity index (χ4v) is 6.03. The van der Waals surface area contributed by atoms with E-state index >= 15 is 0 Å². The number of aliphatic imine (C=N–C) groups is 1. The molecule has 9 heteroatoms. The van der Waals surface area contributed by atoms with Crippen LogP contribution in [0.25, 0.3) is 10.2 Å². The molecule has 1 N–H and O–H groups in total. The van der Waals surface area contributed by atoms with Gasteiger partial charge in [-0.15, -0.1) is 11.3 Å². The largest absolute Gasteiger partial charge is 0.495 e. The molecule has 0 bridgehead atoms. The van der Waals surface area contributed by atoms with E-state index in [-0.39, 0.29) is 6.03 Å². The average molecular weight is 449 g/mol. The van der Waals surface area contributed by atoms with Gasteiger partial charge in [-0.25, -0.2) is 14.8 Å². The lowest BCUT2D eigenvalue weighted by atomic mass is 10.0. The Bertz CT molecular complexity index is 1250. The van der Waals surface area contributed by atoms with Gasteiger partial charge in [0.25, 0.3) is 0 Å². The third-order valence-electron chi connectivity index (χ3n) is 6.49. The minimum absolute atomic E-state index is 0.166. The van der Waals surface area contributed by atoms with E-state index in [0.717, 1.165) is 77.5 Å². The lowest BCUT2D eigenvalue weighted by Crippen LogP contribution is -2.43. The lowest BCUT2D eigenvalue weighted by molar-refractivity contribution is 0.158. The van der Waals surface area contributed by atoms with Crippen LogP contribution in [-0.4, -0.2) is 58.8 Å². The number of methoxy groups -OCH3 is 1. The first-order valence-corrected chi connectivity index (χ1v) is 11.8. The van der Waals surface area contributed by atoms with Gasteiger partial charge in [-0.2, -0.15) is 0 Å². The number of anilines is 2. The summed E-state index contributed by atoms with van der Waals surface area (Å²) in [5.41, 5.74) is 4.37. The Labute approximate surface area is 189 Å². The molecular formula is C23H24N6O2S. The highest BCUT2D eigenvalue weighted by molar-refractivity contribution is 7.19. The van der Waals surface area contributed by atoms with Crippen molar-refractivity contribution in [3.8, 4) is 5.75 Å². The van der Waals surface area contributed by atoms with Gasteiger partial charge in [-0.3, -0.25) is 4.99 Å². The number of benzene rings is 1. The zero-order valence-corrected chi connectivity index (χ0v) is 18.7. The number of carbonyl (C=O) groups excluding carboxylic acids is 1. The lowest BCUT2D eigenvalue weighted by Gasteiger charge is -2.31. The molecule has 1 fully saturated rings. The number of thiophene rings is 1. The van der Waals surface area contributed by atoms with Crippen LogP contribution < -0.4 is 10.1 Å². The van der Waals surface area contributed by atoms with E-state index < -0.39 is 0 Å². The minimum Gasteiger partial charge on any atom is -0.495 e. The van der Waals surface area contributed by atoms with E-state index in [1.54, 1.807) is 24.8 Å². The van der Waals surface area contributed by atoms with E-state index in [0.29, 0.717) is 13.1 Å². The molecule has 0 saturated carbocycles. The monoisotopic (exact) mass is 448 g/mol. The third-order valence-corrected chi connectivity index (χ3v) is 7.62. The van der Waals surface area contributed by atoms with Crippen LogP contribution in [0.2, 0.25) is 0 Å². The number of likely N-dealkylation sites (tertiary alicyclic amines) is 1. The van der Waals surface area contributed by atoms with Crippen LogP contribution in [0.1, 0.15) is 34.4 Å². The topological polar surface area (TPSA) is 82.9 Å². The SMILES string of the molecule is COc1cc2c(cc1Nc1ncnc3sc4c(c13)CCN(C(=O)N1CCCC1)C4)C=NC2. The summed E-state index contributed by atoms with van der Waals surface area (Å²) in [5, 5.41) is 4.54. The molecule has 2 aromatic heterocycles. The molecule has 3 aromatic rings. The molecule has 0 unspecified atom stereocenters. The first-order valence-electron chi connectivity index (χ1n) is 11.0. The van der Waals surface area contributed by atoms with Crippen molar-refractivity contribution in [2.45, 2.75) is 32.4 Å². The van der Waals surface area contributed by atoms with Gasteiger partial charge < -0.3 is 19.9 Å². The number of fused-ring (bicyclic) bond motifs is 4. The van der Waals surface area contributed by atoms with Gasteiger partial charge in [-0.05, 0) is 48.1 Å². The van der Waals surface area contributed by atoms with Crippen molar-refractivity contribution < 1.29 is 9.53 Å². The van der Waals surface area contributed by atoms with Crippen molar-refractivity contribution in [2.75, 3.05) is 32.1 Å². The van der Waals surface area contributed by atoms with Gasteiger partial charge >= 0.3 is 6.03 Å². The number of hydrogen-bond acceptors (Lipinski definition) is 7. The zero-order chi connectivity index (χ0) is 21.7. The number of ether oxygens (including phenoxy) is 1. The molecule has 0 atom stereocenters. The third kappa shape index (κ3) is 3.19. The standard InChI is InChI=1S/C23H24N6O2S/c1-31-18-9-15-11-24-10-14(15)8-17(18)27-21-20-16-4-7-29(23(30)28-5-2-3-6-28)12-19(16)32-22(20)26-13-25-21/h8-10,13H,2-7,11-12H2,1H3,(H,25,26,27). The summed E-state index contributed by atoms with van der Waals surface area (Å²) in [5.74, 6) is 1.55. The Hall–Kier alpha value is -3.20. The Morgan fingerprint density at radius 2 is 2.03 bits per heavy atom. The van der Waals surface area contributed by atoms with Crippen LogP contribution in [0.3, 0.4) is 0 Å². The molecule has 8 nitrogen and oxygen atoms in total. The number of carbonyl (C=O) groups is 1. The Morgan fingerprint density at radius 1 is 1.16 bits per heavy atom. The number of nitrogens with one attached hydrogen (secondary N) is 1.